The lowest BCUT2D eigenvalue weighted by Gasteiger charge is -2.34. The molecule has 1 aromatic heterocycles. The van der Waals surface area contributed by atoms with Gasteiger partial charge in [0, 0.05) is 44.7 Å². The van der Waals surface area contributed by atoms with Crippen LogP contribution in [0.1, 0.15) is 31.7 Å². The number of carbonyl (C=O) groups excluding carboxylic acids is 1. The molecule has 0 saturated carbocycles. The topological polar surface area (TPSA) is 75.6 Å². The summed E-state index contributed by atoms with van der Waals surface area (Å²) in [4.78, 5) is 16.4. The first-order valence-corrected chi connectivity index (χ1v) is 7.63. The van der Waals surface area contributed by atoms with Crippen molar-refractivity contribution in [1.82, 2.24) is 15.0 Å². The van der Waals surface area contributed by atoms with E-state index in [2.05, 4.69) is 23.9 Å². The molecule has 6 nitrogen and oxygen atoms in total. The molecule has 1 saturated heterocycles. The Morgan fingerprint density at radius 1 is 1.38 bits per heavy atom. The van der Waals surface area contributed by atoms with E-state index in [1.807, 2.05) is 17.9 Å². The molecule has 1 unspecified atom stereocenters. The largest absolute Gasteiger partial charge is 0.360 e. The van der Waals surface area contributed by atoms with Gasteiger partial charge in [-0.05, 0) is 12.8 Å². The predicted octanol–water partition coefficient (Wildman–Crippen LogP) is 1.00. The van der Waals surface area contributed by atoms with Crippen LogP contribution in [0.15, 0.2) is 10.6 Å². The van der Waals surface area contributed by atoms with Crippen molar-refractivity contribution in [3.05, 3.63) is 17.5 Å². The van der Waals surface area contributed by atoms with E-state index in [0.717, 1.165) is 44.2 Å². The summed E-state index contributed by atoms with van der Waals surface area (Å²) in [5.74, 6) is 1.39. The fraction of sp³-hybridized carbons (Fsp3) is 0.733. The van der Waals surface area contributed by atoms with Crippen LogP contribution in [0.25, 0.3) is 0 Å². The normalized spacial score (nSPS) is 18.2. The summed E-state index contributed by atoms with van der Waals surface area (Å²) in [6, 6.07) is 1.91. The number of amides is 1. The molecule has 2 rings (SSSR count). The van der Waals surface area contributed by atoms with Crippen molar-refractivity contribution in [2.45, 2.75) is 39.8 Å². The highest BCUT2D eigenvalue weighted by atomic mass is 16.5. The molecule has 6 heteroatoms. The molecule has 1 aromatic rings. The third-order valence-electron chi connectivity index (χ3n) is 4.05. The summed E-state index contributed by atoms with van der Waals surface area (Å²) >= 11 is 0. The van der Waals surface area contributed by atoms with Gasteiger partial charge in [0.2, 0.25) is 5.91 Å². The second kappa shape index (κ2) is 7.04. The van der Waals surface area contributed by atoms with Crippen LogP contribution in [0, 0.1) is 12.8 Å². The van der Waals surface area contributed by atoms with Gasteiger partial charge < -0.3 is 15.2 Å². The van der Waals surface area contributed by atoms with E-state index in [0.29, 0.717) is 12.3 Å². The number of nitrogens with two attached hydrogens (primary N) is 1. The molecule has 2 heterocycles. The van der Waals surface area contributed by atoms with Crippen LogP contribution in [0.2, 0.25) is 0 Å². The van der Waals surface area contributed by atoms with Gasteiger partial charge in [0.05, 0.1) is 12.2 Å². The van der Waals surface area contributed by atoms with E-state index in [1.165, 1.54) is 0 Å². The summed E-state index contributed by atoms with van der Waals surface area (Å²) in [6.45, 7) is 10.0. The van der Waals surface area contributed by atoms with Crippen molar-refractivity contribution in [3.63, 3.8) is 0 Å². The summed E-state index contributed by atoms with van der Waals surface area (Å²) in [6.07, 6.45) is 0.443. The fourth-order valence-electron chi connectivity index (χ4n) is 2.43. The molecule has 0 spiro atoms. The molecule has 1 aliphatic heterocycles. The average molecular weight is 294 g/mol. The molecular weight excluding hydrogens is 268 g/mol. The second-order valence-electron chi connectivity index (χ2n) is 6.20. The molecule has 118 valence electrons. The minimum absolute atomic E-state index is 0.0484. The average Bonchev–Trinajstić information content (AvgIpc) is 2.84. The monoisotopic (exact) mass is 294 g/mol. The van der Waals surface area contributed by atoms with Crippen molar-refractivity contribution >= 4 is 5.91 Å². The first-order chi connectivity index (χ1) is 9.95. The first-order valence-electron chi connectivity index (χ1n) is 7.63. The Morgan fingerprint density at radius 3 is 2.57 bits per heavy atom. The number of hydrogen-bond donors (Lipinski definition) is 1. The van der Waals surface area contributed by atoms with Gasteiger partial charge in [-0.15, -0.1) is 0 Å². The smallest absolute Gasteiger partial charge is 0.224 e. The van der Waals surface area contributed by atoms with E-state index in [-0.39, 0.29) is 11.9 Å². The Hall–Kier alpha value is -1.40. The lowest BCUT2D eigenvalue weighted by molar-refractivity contribution is -0.133. The number of nitrogens with zero attached hydrogens (tertiary/aromatic N) is 3. The van der Waals surface area contributed by atoms with E-state index in [1.54, 1.807) is 0 Å². The molecule has 0 aromatic carbocycles. The fourth-order valence-corrected chi connectivity index (χ4v) is 2.43. The number of aryl methyl sites for hydroxylation is 1. The summed E-state index contributed by atoms with van der Waals surface area (Å²) < 4.78 is 5.23. The van der Waals surface area contributed by atoms with Crippen molar-refractivity contribution in [3.8, 4) is 0 Å². The third kappa shape index (κ3) is 4.54. The zero-order valence-electron chi connectivity index (χ0n) is 13.2. The quantitative estimate of drug-likeness (QED) is 0.877. The van der Waals surface area contributed by atoms with Gasteiger partial charge in [-0.25, -0.2) is 0 Å². The van der Waals surface area contributed by atoms with E-state index in [9.17, 15) is 4.79 Å². The Morgan fingerprint density at radius 2 is 2.05 bits per heavy atom. The number of carbonyl (C=O) groups is 1. The number of aromatic nitrogens is 1. The summed E-state index contributed by atoms with van der Waals surface area (Å²) in [7, 11) is 0. The van der Waals surface area contributed by atoms with Crippen LogP contribution in [0.4, 0.5) is 0 Å². The molecule has 0 aliphatic carbocycles. The SMILES string of the molecule is Cc1cc(CN2CCN(C(=O)CC(N)C(C)C)CC2)on1. The van der Waals surface area contributed by atoms with Crippen molar-refractivity contribution in [1.29, 1.82) is 0 Å². The maximum atomic E-state index is 12.2. The van der Waals surface area contributed by atoms with E-state index < -0.39 is 0 Å². The Bertz CT molecular complexity index is 464. The Labute approximate surface area is 126 Å². The van der Waals surface area contributed by atoms with Crippen LogP contribution in [0.3, 0.4) is 0 Å². The molecule has 1 amide bonds. The van der Waals surface area contributed by atoms with Crippen molar-refractivity contribution < 1.29 is 9.32 Å². The van der Waals surface area contributed by atoms with Crippen LogP contribution < -0.4 is 5.73 Å². The lowest BCUT2D eigenvalue weighted by atomic mass is 10.0. The van der Waals surface area contributed by atoms with Gasteiger partial charge >= 0.3 is 0 Å². The van der Waals surface area contributed by atoms with Gasteiger partial charge in [0.15, 0.2) is 5.76 Å². The van der Waals surface area contributed by atoms with Gasteiger partial charge in [-0.2, -0.15) is 0 Å². The van der Waals surface area contributed by atoms with Gasteiger partial charge in [0.25, 0.3) is 0 Å². The molecule has 1 aliphatic rings. The van der Waals surface area contributed by atoms with Gasteiger partial charge in [0.1, 0.15) is 0 Å². The number of piperazine rings is 1. The summed E-state index contributed by atoms with van der Waals surface area (Å²) in [5, 5.41) is 3.89. The van der Waals surface area contributed by atoms with Crippen molar-refractivity contribution in [2.75, 3.05) is 26.2 Å². The highest BCUT2D eigenvalue weighted by molar-refractivity contribution is 5.77. The zero-order valence-corrected chi connectivity index (χ0v) is 13.2. The van der Waals surface area contributed by atoms with Crippen LogP contribution in [0.5, 0.6) is 0 Å². The van der Waals surface area contributed by atoms with Crippen LogP contribution in [-0.2, 0) is 11.3 Å². The predicted molar refractivity (Wildman–Crippen MR) is 80.5 cm³/mol. The molecule has 1 fully saturated rings. The Balaban J connectivity index is 1.76. The highest BCUT2D eigenvalue weighted by Gasteiger charge is 2.23. The lowest BCUT2D eigenvalue weighted by Crippen LogP contribution is -2.49. The van der Waals surface area contributed by atoms with Crippen LogP contribution in [-0.4, -0.2) is 53.1 Å². The van der Waals surface area contributed by atoms with Gasteiger partial charge in [-0.1, -0.05) is 19.0 Å². The standard InChI is InChI=1S/C15H26N4O2/c1-11(2)14(16)9-15(20)19-6-4-18(5-7-19)10-13-8-12(3)17-21-13/h8,11,14H,4-7,9-10,16H2,1-3H3. The highest BCUT2D eigenvalue weighted by Crippen LogP contribution is 2.12. The molecule has 21 heavy (non-hydrogen) atoms. The second-order valence-corrected chi connectivity index (χ2v) is 6.20. The van der Waals surface area contributed by atoms with E-state index in [4.69, 9.17) is 10.3 Å². The van der Waals surface area contributed by atoms with Gasteiger partial charge in [-0.3, -0.25) is 9.69 Å². The Kier molecular flexibility index (Phi) is 5.36. The summed E-state index contributed by atoms with van der Waals surface area (Å²) in [5.41, 5.74) is 6.88. The minimum atomic E-state index is -0.0484. The molecule has 0 bridgehead atoms. The maximum Gasteiger partial charge on any atom is 0.224 e. The van der Waals surface area contributed by atoms with E-state index >= 15 is 0 Å². The number of hydrogen-bond acceptors (Lipinski definition) is 5. The van der Waals surface area contributed by atoms with Crippen LogP contribution >= 0.6 is 0 Å². The zero-order chi connectivity index (χ0) is 15.4. The number of rotatable bonds is 5. The van der Waals surface area contributed by atoms with Crippen molar-refractivity contribution in [2.24, 2.45) is 11.7 Å². The minimum Gasteiger partial charge on any atom is -0.360 e. The molecule has 1 atom stereocenters. The third-order valence-corrected chi connectivity index (χ3v) is 4.05. The maximum absolute atomic E-state index is 12.2. The molecule has 0 radical (unpaired) electrons. The first kappa shape index (κ1) is 16.0. The molecule has 2 N–H and O–H groups in total. The molecular formula is C15H26N4O2.